The second-order valence-electron chi connectivity index (χ2n) is 5.64. The molecule has 2 aromatic carbocycles. The average Bonchev–Trinajstić information content (AvgIpc) is 2.69. The summed E-state index contributed by atoms with van der Waals surface area (Å²) >= 11 is 0. The number of aliphatic imine (C=N–C) groups is 1. The Hall–Kier alpha value is -3.35. The minimum Gasteiger partial charge on any atom is -0.489 e. The van der Waals surface area contributed by atoms with Crippen LogP contribution in [0.25, 0.3) is 0 Å². The number of hydrogen-bond acceptors (Lipinski definition) is 4. The molecule has 0 aliphatic carbocycles. The van der Waals surface area contributed by atoms with E-state index in [2.05, 4.69) is 22.2 Å². The summed E-state index contributed by atoms with van der Waals surface area (Å²) in [5.41, 5.74) is 1.63. The topological polar surface area (TPSA) is 88.8 Å². The normalized spacial score (nSPS) is 10.9. The van der Waals surface area contributed by atoms with Crippen LogP contribution in [0.2, 0.25) is 0 Å². The number of para-hydroxylation sites is 2. The Morgan fingerprint density at radius 2 is 1.89 bits per heavy atom. The summed E-state index contributed by atoms with van der Waals surface area (Å²) in [7, 11) is 0. The quantitative estimate of drug-likeness (QED) is 0.233. The van der Waals surface area contributed by atoms with Gasteiger partial charge in [0.2, 0.25) is 0 Å². The predicted molar refractivity (Wildman–Crippen MR) is 107 cm³/mol. The Bertz CT molecular complexity index is 805. The smallest absolute Gasteiger partial charge is 0.274 e. The Morgan fingerprint density at radius 1 is 1.19 bits per heavy atom. The number of nitrogens with zero attached hydrogens (tertiary/aromatic N) is 2. The van der Waals surface area contributed by atoms with Gasteiger partial charge < -0.3 is 15.4 Å². The first-order valence-corrected chi connectivity index (χ1v) is 8.71. The van der Waals surface area contributed by atoms with Crippen molar-refractivity contribution in [3.05, 3.63) is 82.4 Å². The van der Waals surface area contributed by atoms with Gasteiger partial charge in [-0.3, -0.25) is 10.1 Å². The molecule has 27 heavy (non-hydrogen) atoms. The molecule has 0 heterocycles. The van der Waals surface area contributed by atoms with Crippen molar-refractivity contribution in [2.24, 2.45) is 4.99 Å². The molecule has 7 heteroatoms. The molecule has 142 valence electrons. The molecule has 0 aliphatic heterocycles. The van der Waals surface area contributed by atoms with Gasteiger partial charge in [0.25, 0.3) is 5.69 Å². The summed E-state index contributed by atoms with van der Waals surface area (Å²) in [5, 5.41) is 17.4. The Labute approximate surface area is 158 Å². The molecule has 7 nitrogen and oxygen atoms in total. The lowest BCUT2D eigenvalue weighted by atomic mass is 10.2. The van der Waals surface area contributed by atoms with Crippen LogP contribution in [0.4, 0.5) is 5.69 Å². The zero-order chi connectivity index (χ0) is 19.5. The highest BCUT2D eigenvalue weighted by Gasteiger charge is 2.12. The van der Waals surface area contributed by atoms with Crippen LogP contribution in [0, 0.1) is 10.1 Å². The SMILES string of the molecule is C=CCOc1ccccc1CN=C(NCC)NCc1ccccc1[N+](=O)[O-]. The lowest BCUT2D eigenvalue weighted by Crippen LogP contribution is -2.36. The zero-order valence-corrected chi connectivity index (χ0v) is 15.4. The summed E-state index contributed by atoms with van der Waals surface area (Å²) in [6, 6.07) is 14.3. The fraction of sp³-hybridized carbons (Fsp3) is 0.250. The van der Waals surface area contributed by atoms with E-state index in [0.717, 1.165) is 11.3 Å². The van der Waals surface area contributed by atoms with Crippen molar-refractivity contribution in [2.45, 2.75) is 20.0 Å². The highest BCUT2D eigenvalue weighted by atomic mass is 16.6. The largest absolute Gasteiger partial charge is 0.489 e. The first-order valence-electron chi connectivity index (χ1n) is 8.71. The molecule has 0 unspecified atom stereocenters. The van der Waals surface area contributed by atoms with Crippen LogP contribution in [0.1, 0.15) is 18.1 Å². The number of rotatable bonds is 9. The Kier molecular flexibility index (Phi) is 7.84. The van der Waals surface area contributed by atoms with E-state index in [0.29, 0.717) is 37.8 Å². The van der Waals surface area contributed by atoms with Gasteiger partial charge in [-0.2, -0.15) is 0 Å². The van der Waals surface area contributed by atoms with Crippen LogP contribution in [-0.2, 0) is 13.1 Å². The van der Waals surface area contributed by atoms with Crippen molar-refractivity contribution in [3.63, 3.8) is 0 Å². The number of nitro groups is 1. The van der Waals surface area contributed by atoms with Crippen LogP contribution in [-0.4, -0.2) is 24.0 Å². The zero-order valence-electron chi connectivity index (χ0n) is 15.4. The van der Waals surface area contributed by atoms with Crippen LogP contribution in [0.15, 0.2) is 66.2 Å². The molecule has 2 N–H and O–H groups in total. The molecule has 0 saturated carbocycles. The molecule has 0 spiro atoms. The van der Waals surface area contributed by atoms with Gasteiger partial charge in [0.1, 0.15) is 12.4 Å². The molecule has 0 amide bonds. The second kappa shape index (κ2) is 10.6. The number of hydrogen-bond donors (Lipinski definition) is 2. The van der Waals surface area contributed by atoms with E-state index >= 15 is 0 Å². The third-order valence-electron chi connectivity index (χ3n) is 3.72. The van der Waals surface area contributed by atoms with E-state index in [1.165, 1.54) is 6.07 Å². The Morgan fingerprint density at radius 3 is 2.59 bits per heavy atom. The Balaban J connectivity index is 2.09. The van der Waals surface area contributed by atoms with E-state index in [4.69, 9.17) is 4.74 Å². The number of nitro benzene ring substituents is 1. The molecule has 0 aliphatic rings. The summed E-state index contributed by atoms with van der Waals surface area (Å²) in [6.07, 6.45) is 1.69. The second-order valence-corrected chi connectivity index (χ2v) is 5.64. The maximum Gasteiger partial charge on any atom is 0.274 e. The van der Waals surface area contributed by atoms with Crippen LogP contribution in [0.3, 0.4) is 0 Å². The van der Waals surface area contributed by atoms with E-state index < -0.39 is 0 Å². The van der Waals surface area contributed by atoms with Crippen molar-refractivity contribution in [3.8, 4) is 5.75 Å². The predicted octanol–water partition coefficient (Wildman–Crippen LogP) is 3.41. The highest BCUT2D eigenvalue weighted by Crippen LogP contribution is 2.19. The molecule has 0 fully saturated rings. The van der Waals surface area contributed by atoms with Gasteiger partial charge in [0.05, 0.1) is 11.5 Å². The van der Waals surface area contributed by atoms with Crippen molar-refractivity contribution in [1.82, 2.24) is 10.6 Å². The fourth-order valence-electron chi connectivity index (χ4n) is 2.45. The lowest BCUT2D eigenvalue weighted by molar-refractivity contribution is -0.385. The number of ether oxygens (including phenoxy) is 1. The summed E-state index contributed by atoms with van der Waals surface area (Å²) < 4.78 is 5.65. The van der Waals surface area contributed by atoms with Gasteiger partial charge in [0, 0.05) is 30.3 Å². The number of nitrogens with one attached hydrogen (secondary N) is 2. The monoisotopic (exact) mass is 368 g/mol. The molecule has 0 atom stereocenters. The molecule has 2 rings (SSSR count). The third-order valence-corrected chi connectivity index (χ3v) is 3.72. The minimum atomic E-state index is -0.381. The summed E-state index contributed by atoms with van der Waals surface area (Å²) in [4.78, 5) is 15.3. The molecular formula is C20H24N4O3. The van der Waals surface area contributed by atoms with Gasteiger partial charge in [-0.15, -0.1) is 0 Å². The number of guanidine groups is 1. The molecular weight excluding hydrogens is 344 g/mol. The molecule has 0 radical (unpaired) electrons. The van der Waals surface area contributed by atoms with Crippen LogP contribution in [0.5, 0.6) is 5.75 Å². The molecule has 0 aromatic heterocycles. The lowest BCUT2D eigenvalue weighted by Gasteiger charge is -2.13. The first-order chi connectivity index (χ1) is 13.2. The van der Waals surface area contributed by atoms with Gasteiger partial charge in [0.15, 0.2) is 5.96 Å². The van der Waals surface area contributed by atoms with Gasteiger partial charge in [-0.05, 0) is 13.0 Å². The maximum atomic E-state index is 11.1. The van der Waals surface area contributed by atoms with Crippen molar-refractivity contribution in [2.75, 3.05) is 13.2 Å². The standard InChI is InChI=1S/C20H24N4O3/c1-3-13-27-19-12-8-6-10-17(19)15-23-20(21-4-2)22-14-16-9-5-7-11-18(16)24(25)26/h3,5-12H,1,4,13-15H2,2H3,(H2,21,22,23). The third kappa shape index (κ3) is 6.14. The van der Waals surface area contributed by atoms with E-state index in [-0.39, 0.29) is 10.6 Å². The molecule has 0 saturated heterocycles. The molecule has 2 aromatic rings. The minimum absolute atomic E-state index is 0.0871. The van der Waals surface area contributed by atoms with Gasteiger partial charge in [-0.1, -0.05) is 49.1 Å². The van der Waals surface area contributed by atoms with Crippen LogP contribution < -0.4 is 15.4 Å². The van der Waals surface area contributed by atoms with Gasteiger partial charge >= 0.3 is 0 Å². The van der Waals surface area contributed by atoms with E-state index in [9.17, 15) is 10.1 Å². The van der Waals surface area contributed by atoms with Gasteiger partial charge in [-0.25, -0.2) is 4.99 Å². The van der Waals surface area contributed by atoms with Crippen LogP contribution >= 0.6 is 0 Å². The van der Waals surface area contributed by atoms with Crippen molar-refractivity contribution < 1.29 is 9.66 Å². The fourth-order valence-corrected chi connectivity index (χ4v) is 2.45. The average molecular weight is 368 g/mol. The van der Waals surface area contributed by atoms with E-state index in [1.807, 2.05) is 31.2 Å². The molecule has 0 bridgehead atoms. The van der Waals surface area contributed by atoms with Crippen molar-refractivity contribution >= 4 is 11.6 Å². The summed E-state index contributed by atoms with van der Waals surface area (Å²) in [5.74, 6) is 1.34. The summed E-state index contributed by atoms with van der Waals surface area (Å²) in [6.45, 7) is 7.44. The van der Waals surface area contributed by atoms with E-state index in [1.54, 1.807) is 24.3 Å². The van der Waals surface area contributed by atoms with Crippen molar-refractivity contribution in [1.29, 1.82) is 0 Å². The number of benzene rings is 2. The highest BCUT2D eigenvalue weighted by molar-refractivity contribution is 5.79. The maximum absolute atomic E-state index is 11.1. The first kappa shape index (κ1) is 20.0.